The van der Waals surface area contributed by atoms with Crippen LogP contribution >= 0.6 is 0 Å². The second-order valence-corrected chi connectivity index (χ2v) is 3.25. The molecule has 0 amide bonds. The van der Waals surface area contributed by atoms with Gasteiger partial charge >= 0.3 is 6.18 Å². The maximum Gasteiger partial charge on any atom is 0.411 e. The molecule has 0 fully saturated rings. The summed E-state index contributed by atoms with van der Waals surface area (Å²) in [4.78, 5) is 0. The Balaban J connectivity index is 2.30. The van der Waals surface area contributed by atoms with E-state index in [1.165, 1.54) is 0 Å². The largest absolute Gasteiger partial charge is 0.411 e. The molecular formula is C11H11F3N2O. The van der Waals surface area contributed by atoms with Gasteiger partial charge in [0.05, 0.1) is 17.9 Å². The van der Waals surface area contributed by atoms with E-state index in [1.807, 2.05) is 6.07 Å². The Hall–Kier alpha value is -1.74. The minimum atomic E-state index is -4.30. The zero-order chi connectivity index (χ0) is 12.7. The molecule has 0 atom stereocenters. The third-order valence-corrected chi connectivity index (χ3v) is 1.88. The summed E-state index contributed by atoms with van der Waals surface area (Å²) in [5, 5.41) is 11.6. The van der Waals surface area contributed by atoms with Crippen LogP contribution in [-0.2, 0) is 4.74 Å². The number of hydrogen-bond acceptors (Lipinski definition) is 3. The highest BCUT2D eigenvalue weighted by Crippen LogP contribution is 2.15. The van der Waals surface area contributed by atoms with Crippen LogP contribution in [0.4, 0.5) is 18.9 Å². The van der Waals surface area contributed by atoms with Crippen molar-refractivity contribution in [2.45, 2.75) is 6.18 Å². The van der Waals surface area contributed by atoms with E-state index in [9.17, 15) is 13.2 Å². The summed E-state index contributed by atoms with van der Waals surface area (Å²) in [5.41, 5.74) is 1.04. The van der Waals surface area contributed by atoms with Crippen LogP contribution in [0.25, 0.3) is 0 Å². The Labute approximate surface area is 96.8 Å². The molecule has 0 aliphatic carbocycles. The number of nitriles is 1. The first-order valence-corrected chi connectivity index (χ1v) is 4.90. The molecule has 0 saturated carbocycles. The summed E-state index contributed by atoms with van der Waals surface area (Å²) in [6.07, 6.45) is -4.30. The van der Waals surface area contributed by atoms with Crippen LogP contribution in [0.15, 0.2) is 24.3 Å². The lowest BCUT2D eigenvalue weighted by Crippen LogP contribution is -2.20. The molecule has 92 valence electrons. The molecule has 0 saturated heterocycles. The Morgan fingerprint density at radius 1 is 1.29 bits per heavy atom. The molecule has 1 N–H and O–H groups in total. The van der Waals surface area contributed by atoms with Gasteiger partial charge in [-0.2, -0.15) is 18.4 Å². The van der Waals surface area contributed by atoms with Crippen molar-refractivity contribution < 1.29 is 17.9 Å². The molecule has 3 nitrogen and oxygen atoms in total. The van der Waals surface area contributed by atoms with E-state index in [0.29, 0.717) is 11.3 Å². The molecule has 0 aromatic heterocycles. The van der Waals surface area contributed by atoms with Crippen molar-refractivity contribution in [1.29, 1.82) is 5.26 Å². The van der Waals surface area contributed by atoms with Crippen LogP contribution < -0.4 is 5.32 Å². The lowest BCUT2D eigenvalue weighted by molar-refractivity contribution is -0.172. The number of nitrogens with one attached hydrogen (secondary N) is 1. The minimum Gasteiger partial charge on any atom is -0.382 e. The molecule has 1 aromatic rings. The molecule has 0 bridgehead atoms. The van der Waals surface area contributed by atoms with Crippen molar-refractivity contribution in [3.63, 3.8) is 0 Å². The van der Waals surface area contributed by atoms with Gasteiger partial charge in [0, 0.05) is 6.54 Å². The Kier molecular flexibility index (Phi) is 4.79. The number of anilines is 1. The first-order chi connectivity index (χ1) is 8.03. The molecule has 6 heteroatoms. The number of nitrogens with zero attached hydrogens (tertiary/aromatic N) is 1. The molecule has 0 aliphatic heterocycles. The first-order valence-electron chi connectivity index (χ1n) is 4.90. The smallest absolute Gasteiger partial charge is 0.382 e. The van der Waals surface area contributed by atoms with Crippen LogP contribution in [0.5, 0.6) is 0 Å². The first kappa shape index (κ1) is 13.3. The summed E-state index contributed by atoms with van der Waals surface area (Å²) in [6, 6.07) is 8.73. The molecule has 0 aliphatic rings. The van der Waals surface area contributed by atoms with Gasteiger partial charge in [-0.15, -0.1) is 0 Å². The number of alkyl halides is 3. The number of rotatable bonds is 5. The summed E-state index contributed by atoms with van der Waals surface area (Å²) >= 11 is 0. The van der Waals surface area contributed by atoms with Crippen molar-refractivity contribution in [3.8, 4) is 6.07 Å². The monoisotopic (exact) mass is 244 g/mol. The molecule has 1 aromatic carbocycles. The molecular weight excluding hydrogens is 233 g/mol. The van der Waals surface area contributed by atoms with Crippen molar-refractivity contribution in [1.82, 2.24) is 0 Å². The van der Waals surface area contributed by atoms with Crippen LogP contribution in [0, 0.1) is 11.3 Å². The maximum atomic E-state index is 11.7. The van der Waals surface area contributed by atoms with E-state index < -0.39 is 12.8 Å². The quantitative estimate of drug-likeness (QED) is 0.809. The standard InChI is InChI=1S/C11H11F3N2O/c12-11(13,14)8-17-6-5-16-10-4-2-1-3-9(10)7-15/h1-4,16H,5-6,8H2. The Morgan fingerprint density at radius 2 is 2.00 bits per heavy atom. The van der Waals surface area contributed by atoms with Gasteiger partial charge < -0.3 is 10.1 Å². The van der Waals surface area contributed by atoms with E-state index in [0.717, 1.165) is 0 Å². The maximum absolute atomic E-state index is 11.7. The molecule has 1 rings (SSSR count). The predicted octanol–water partition coefficient (Wildman–Crippen LogP) is 2.55. The van der Waals surface area contributed by atoms with Gasteiger partial charge in [0.15, 0.2) is 0 Å². The van der Waals surface area contributed by atoms with Crippen molar-refractivity contribution in [2.75, 3.05) is 25.1 Å². The summed E-state index contributed by atoms with van der Waals surface area (Å²) in [7, 11) is 0. The molecule has 0 radical (unpaired) electrons. The van der Waals surface area contributed by atoms with Crippen LogP contribution in [0.1, 0.15) is 5.56 Å². The lowest BCUT2D eigenvalue weighted by atomic mass is 10.2. The zero-order valence-corrected chi connectivity index (χ0v) is 8.92. The topological polar surface area (TPSA) is 45.0 Å². The molecule has 0 spiro atoms. The highest BCUT2D eigenvalue weighted by atomic mass is 19.4. The van der Waals surface area contributed by atoms with Crippen LogP contribution in [0.2, 0.25) is 0 Å². The van der Waals surface area contributed by atoms with E-state index in [1.54, 1.807) is 24.3 Å². The number of ether oxygens (including phenoxy) is 1. The average molecular weight is 244 g/mol. The second kappa shape index (κ2) is 6.11. The number of halogens is 3. The highest BCUT2D eigenvalue weighted by molar-refractivity contribution is 5.56. The minimum absolute atomic E-state index is 0.0702. The summed E-state index contributed by atoms with van der Waals surface area (Å²) in [5.74, 6) is 0. The van der Waals surface area contributed by atoms with Gasteiger partial charge in [0.1, 0.15) is 12.7 Å². The Bertz CT molecular complexity index is 398. The number of benzene rings is 1. The van der Waals surface area contributed by atoms with Gasteiger partial charge in [0.25, 0.3) is 0 Å². The van der Waals surface area contributed by atoms with Crippen molar-refractivity contribution in [2.24, 2.45) is 0 Å². The molecule has 17 heavy (non-hydrogen) atoms. The van der Waals surface area contributed by atoms with Gasteiger partial charge in [-0.05, 0) is 12.1 Å². The molecule has 0 heterocycles. The number of para-hydroxylation sites is 1. The predicted molar refractivity (Wildman–Crippen MR) is 56.5 cm³/mol. The average Bonchev–Trinajstić information content (AvgIpc) is 2.27. The summed E-state index contributed by atoms with van der Waals surface area (Å²) in [6.45, 7) is -1.11. The number of hydrogen-bond donors (Lipinski definition) is 1. The van der Waals surface area contributed by atoms with Gasteiger partial charge in [-0.1, -0.05) is 12.1 Å². The summed E-state index contributed by atoms with van der Waals surface area (Å²) < 4.78 is 39.6. The van der Waals surface area contributed by atoms with E-state index in [4.69, 9.17) is 5.26 Å². The van der Waals surface area contributed by atoms with Crippen molar-refractivity contribution in [3.05, 3.63) is 29.8 Å². The fraction of sp³-hybridized carbons (Fsp3) is 0.364. The van der Waals surface area contributed by atoms with E-state index in [-0.39, 0.29) is 13.2 Å². The van der Waals surface area contributed by atoms with E-state index in [2.05, 4.69) is 10.1 Å². The van der Waals surface area contributed by atoms with Gasteiger partial charge in [-0.3, -0.25) is 0 Å². The Morgan fingerprint density at radius 3 is 2.65 bits per heavy atom. The van der Waals surface area contributed by atoms with Crippen LogP contribution in [-0.4, -0.2) is 25.9 Å². The zero-order valence-electron chi connectivity index (χ0n) is 8.92. The SMILES string of the molecule is N#Cc1ccccc1NCCOCC(F)(F)F. The van der Waals surface area contributed by atoms with Gasteiger partial charge in [0.2, 0.25) is 0 Å². The van der Waals surface area contributed by atoms with Crippen LogP contribution in [0.3, 0.4) is 0 Å². The third-order valence-electron chi connectivity index (χ3n) is 1.88. The van der Waals surface area contributed by atoms with Gasteiger partial charge in [-0.25, -0.2) is 0 Å². The normalized spacial score (nSPS) is 10.9. The molecule has 0 unspecified atom stereocenters. The third kappa shape index (κ3) is 5.22. The lowest BCUT2D eigenvalue weighted by Gasteiger charge is -2.09. The fourth-order valence-corrected chi connectivity index (χ4v) is 1.18. The van der Waals surface area contributed by atoms with Crippen molar-refractivity contribution >= 4 is 5.69 Å². The highest BCUT2D eigenvalue weighted by Gasteiger charge is 2.27. The fourth-order valence-electron chi connectivity index (χ4n) is 1.18. The van der Waals surface area contributed by atoms with E-state index >= 15 is 0 Å². The second-order valence-electron chi connectivity index (χ2n) is 3.25.